The maximum atomic E-state index is 5.42. The zero-order valence-corrected chi connectivity index (χ0v) is 14.4. The summed E-state index contributed by atoms with van der Waals surface area (Å²) in [5, 5.41) is 7.70. The lowest BCUT2D eigenvalue weighted by atomic mass is 9.78. The Morgan fingerprint density at radius 1 is 1.13 bits per heavy atom. The summed E-state index contributed by atoms with van der Waals surface area (Å²) in [5.41, 5.74) is 1.70. The van der Waals surface area contributed by atoms with Crippen LogP contribution in [0, 0.1) is 0 Å². The predicted octanol–water partition coefficient (Wildman–Crippen LogP) is 4.36. The summed E-state index contributed by atoms with van der Waals surface area (Å²) in [6, 6.07) is 11.0. The molecule has 1 atom stereocenters. The Labute approximate surface area is 138 Å². The lowest BCUT2D eigenvalue weighted by Crippen LogP contribution is -2.37. The Bertz CT molecular complexity index is 615. The van der Waals surface area contributed by atoms with Gasteiger partial charge in [-0.05, 0) is 25.3 Å². The Balaban J connectivity index is 1.69. The summed E-state index contributed by atoms with van der Waals surface area (Å²) in [4.78, 5) is 4.51. The molecule has 1 aliphatic rings. The van der Waals surface area contributed by atoms with Gasteiger partial charge in [0.15, 0.2) is 5.82 Å². The maximum Gasteiger partial charge on any atom is 0.243 e. The van der Waals surface area contributed by atoms with Crippen LogP contribution in [-0.4, -0.2) is 16.7 Å². The molecule has 1 aliphatic carbocycles. The first-order valence-corrected chi connectivity index (χ1v) is 8.73. The highest BCUT2D eigenvalue weighted by Crippen LogP contribution is 2.40. The molecule has 0 saturated heterocycles. The molecule has 0 spiro atoms. The van der Waals surface area contributed by atoms with Crippen LogP contribution in [0.25, 0.3) is 0 Å². The van der Waals surface area contributed by atoms with Crippen LogP contribution in [-0.2, 0) is 5.41 Å². The molecule has 3 rings (SSSR count). The number of benzene rings is 1. The van der Waals surface area contributed by atoms with Crippen LogP contribution in [0.3, 0.4) is 0 Å². The highest BCUT2D eigenvalue weighted by Gasteiger charge is 2.35. The van der Waals surface area contributed by atoms with Gasteiger partial charge in [0, 0.05) is 17.9 Å². The van der Waals surface area contributed by atoms with Gasteiger partial charge in [-0.2, -0.15) is 4.98 Å². The molecule has 1 saturated carbocycles. The Kier molecular flexibility index (Phi) is 4.81. The summed E-state index contributed by atoms with van der Waals surface area (Å²) in [5.74, 6) is 1.77. The van der Waals surface area contributed by atoms with E-state index >= 15 is 0 Å². The third-order valence-corrected chi connectivity index (χ3v) is 5.04. The minimum absolute atomic E-state index is 0.0798. The SMILES string of the molecule is CC(C)c1noc(C(C)NCC2(c3ccccc3)CCCC2)n1. The van der Waals surface area contributed by atoms with Gasteiger partial charge in [-0.1, -0.05) is 62.2 Å². The quantitative estimate of drug-likeness (QED) is 0.861. The van der Waals surface area contributed by atoms with Crippen LogP contribution < -0.4 is 5.32 Å². The van der Waals surface area contributed by atoms with Gasteiger partial charge in [0.1, 0.15) is 0 Å². The van der Waals surface area contributed by atoms with Crippen LogP contribution in [0.5, 0.6) is 0 Å². The van der Waals surface area contributed by atoms with Crippen molar-refractivity contribution in [2.45, 2.75) is 63.8 Å². The van der Waals surface area contributed by atoms with Gasteiger partial charge in [-0.15, -0.1) is 0 Å². The topological polar surface area (TPSA) is 51.0 Å². The van der Waals surface area contributed by atoms with Crippen LogP contribution in [0.1, 0.15) is 75.7 Å². The molecule has 0 radical (unpaired) electrons. The zero-order chi connectivity index (χ0) is 16.3. The Hall–Kier alpha value is -1.68. The number of aromatic nitrogens is 2. The highest BCUT2D eigenvalue weighted by molar-refractivity contribution is 5.27. The Morgan fingerprint density at radius 3 is 2.43 bits per heavy atom. The molecule has 4 heteroatoms. The second-order valence-electron chi connectivity index (χ2n) is 7.10. The predicted molar refractivity (Wildman–Crippen MR) is 91.4 cm³/mol. The normalized spacial score (nSPS) is 18.4. The van der Waals surface area contributed by atoms with Crippen molar-refractivity contribution in [2.75, 3.05) is 6.54 Å². The lowest BCUT2D eigenvalue weighted by molar-refractivity contribution is 0.313. The van der Waals surface area contributed by atoms with Crippen LogP contribution in [0.15, 0.2) is 34.9 Å². The monoisotopic (exact) mass is 313 g/mol. The van der Waals surface area contributed by atoms with Gasteiger partial charge in [0.2, 0.25) is 5.89 Å². The summed E-state index contributed by atoms with van der Waals surface area (Å²) >= 11 is 0. The summed E-state index contributed by atoms with van der Waals surface area (Å²) in [7, 11) is 0. The van der Waals surface area contributed by atoms with Crippen LogP contribution in [0.2, 0.25) is 0 Å². The average molecular weight is 313 g/mol. The summed E-state index contributed by atoms with van der Waals surface area (Å²) in [6.07, 6.45) is 5.11. The van der Waals surface area contributed by atoms with Crippen molar-refractivity contribution in [3.05, 3.63) is 47.6 Å². The van der Waals surface area contributed by atoms with Crippen molar-refractivity contribution in [1.82, 2.24) is 15.5 Å². The third kappa shape index (κ3) is 3.47. The number of nitrogens with zero attached hydrogens (tertiary/aromatic N) is 2. The second-order valence-corrected chi connectivity index (χ2v) is 7.10. The van der Waals surface area contributed by atoms with E-state index in [0.29, 0.717) is 11.8 Å². The average Bonchev–Trinajstić information content (AvgIpc) is 3.24. The van der Waals surface area contributed by atoms with E-state index in [4.69, 9.17) is 4.52 Å². The number of rotatable bonds is 6. The fourth-order valence-electron chi connectivity index (χ4n) is 3.50. The first kappa shape index (κ1) is 16.2. The molecule has 0 bridgehead atoms. The smallest absolute Gasteiger partial charge is 0.243 e. The molecule has 4 nitrogen and oxygen atoms in total. The van der Waals surface area contributed by atoms with Gasteiger partial charge in [0.25, 0.3) is 0 Å². The van der Waals surface area contributed by atoms with Crippen molar-refractivity contribution in [3.8, 4) is 0 Å². The van der Waals surface area contributed by atoms with E-state index in [0.717, 1.165) is 12.4 Å². The molecule has 2 aromatic rings. The maximum absolute atomic E-state index is 5.42. The van der Waals surface area contributed by atoms with Gasteiger partial charge in [-0.25, -0.2) is 0 Å². The molecule has 124 valence electrons. The zero-order valence-electron chi connectivity index (χ0n) is 14.4. The molecule has 23 heavy (non-hydrogen) atoms. The van der Waals surface area contributed by atoms with Crippen LogP contribution in [0.4, 0.5) is 0 Å². The molecule has 1 aromatic carbocycles. The molecule has 0 amide bonds. The fraction of sp³-hybridized carbons (Fsp3) is 0.579. The minimum Gasteiger partial charge on any atom is -0.338 e. The van der Waals surface area contributed by atoms with E-state index in [1.807, 2.05) is 0 Å². The molecule has 1 unspecified atom stereocenters. The lowest BCUT2D eigenvalue weighted by Gasteiger charge is -2.31. The van der Waals surface area contributed by atoms with Gasteiger partial charge < -0.3 is 9.84 Å². The molecule has 1 aromatic heterocycles. The van der Waals surface area contributed by atoms with E-state index in [-0.39, 0.29) is 11.5 Å². The van der Waals surface area contributed by atoms with E-state index in [2.05, 4.69) is 66.6 Å². The first-order valence-electron chi connectivity index (χ1n) is 8.73. The number of nitrogens with one attached hydrogen (secondary N) is 1. The minimum atomic E-state index is 0.0798. The largest absolute Gasteiger partial charge is 0.338 e. The fourth-order valence-corrected chi connectivity index (χ4v) is 3.50. The molecule has 0 aliphatic heterocycles. The van der Waals surface area contributed by atoms with E-state index < -0.39 is 0 Å². The molecule has 1 N–H and O–H groups in total. The van der Waals surface area contributed by atoms with E-state index in [1.54, 1.807) is 0 Å². The van der Waals surface area contributed by atoms with Crippen molar-refractivity contribution in [2.24, 2.45) is 0 Å². The third-order valence-electron chi connectivity index (χ3n) is 5.04. The number of hydrogen-bond donors (Lipinski definition) is 1. The molecular formula is C19H27N3O. The van der Waals surface area contributed by atoms with E-state index in [1.165, 1.54) is 31.2 Å². The van der Waals surface area contributed by atoms with Gasteiger partial charge >= 0.3 is 0 Å². The standard InChI is InChI=1S/C19H27N3O/c1-14(2)17-21-18(23-22-17)15(3)20-13-19(11-7-8-12-19)16-9-5-4-6-10-16/h4-6,9-10,14-15,20H,7-8,11-13H2,1-3H3. The highest BCUT2D eigenvalue weighted by atomic mass is 16.5. The summed E-state index contributed by atoms with van der Waals surface area (Å²) < 4.78 is 5.42. The Morgan fingerprint density at radius 2 is 1.83 bits per heavy atom. The van der Waals surface area contributed by atoms with E-state index in [9.17, 15) is 0 Å². The number of hydrogen-bond acceptors (Lipinski definition) is 4. The second kappa shape index (κ2) is 6.83. The first-order chi connectivity index (χ1) is 11.1. The van der Waals surface area contributed by atoms with Crippen LogP contribution >= 0.6 is 0 Å². The van der Waals surface area contributed by atoms with Crippen molar-refractivity contribution < 1.29 is 4.52 Å². The molecular weight excluding hydrogens is 286 g/mol. The summed E-state index contributed by atoms with van der Waals surface area (Å²) in [6.45, 7) is 7.22. The molecule has 1 fully saturated rings. The molecule has 1 heterocycles. The van der Waals surface area contributed by atoms with Gasteiger partial charge in [0.05, 0.1) is 6.04 Å². The van der Waals surface area contributed by atoms with Gasteiger partial charge in [-0.3, -0.25) is 0 Å². The van der Waals surface area contributed by atoms with Crippen molar-refractivity contribution in [3.63, 3.8) is 0 Å². The van der Waals surface area contributed by atoms with Crippen molar-refractivity contribution >= 4 is 0 Å². The van der Waals surface area contributed by atoms with Crippen molar-refractivity contribution in [1.29, 1.82) is 0 Å².